The monoisotopic (exact) mass is 405 g/mol. The molecule has 0 aromatic heterocycles. The van der Waals surface area contributed by atoms with Gasteiger partial charge >= 0.3 is 12.2 Å². The van der Waals surface area contributed by atoms with Crippen molar-refractivity contribution in [1.82, 2.24) is 10.2 Å². The average molecular weight is 405 g/mol. The first-order chi connectivity index (χ1) is 13.8. The van der Waals surface area contributed by atoms with Gasteiger partial charge < -0.3 is 15.5 Å². The fourth-order valence-electron chi connectivity index (χ4n) is 3.26. The summed E-state index contributed by atoms with van der Waals surface area (Å²) in [6.45, 7) is 0.847. The Labute approximate surface area is 166 Å². The zero-order valence-corrected chi connectivity index (χ0v) is 15.7. The van der Waals surface area contributed by atoms with Crippen LogP contribution in [0.4, 0.5) is 23.7 Å². The van der Waals surface area contributed by atoms with Crippen LogP contribution in [0.25, 0.3) is 0 Å². The Bertz CT molecular complexity index is 848. The maximum atomic E-state index is 12.8. The Kier molecular flexibility index (Phi) is 6.41. The van der Waals surface area contributed by atoms with Crippen LogP contribution in [-0.4, -0.2) is 29.9 Å². The molecule has 154 valence electrons. The summed E-state index contributed by atoms with van der Waals surface area (Å²) in [4.78, 5) is 26.2. The van der Waals surface area contributed by atoms with E-state index in [1.165, 1.54) is 12.1 Å². The molecule has 0 spiro atoms. The van der Waals surface area contributed by atoms with Crippen molar-refractivity contribution in [1.29, 1.82) is 0 Å². The number of carbonyl (C=O) groups is 2. The van der Waals surface area contributed by atoms with Crippen LogP contribution in [0.2, 0.25) is 0 Å². The van der Waals surface area contributed by atoms with Gasteiger partial charge in [0.1, 0.15) is 0 Å². The Hall–Kier alpha value is -3.03. The molecule has 0 atom stereocenters. The maximum absolute atomic E-state index is 12.8. The number of para-hydroxylation sites is 1. The van der Waals surface area contributed by atoms with E-state index in [1.807, 2.05) is 30.3 Å². The summed E-state index contributed by atoms with van der Waals surface area (Å²) < 4.78 is 38.3. The number of amides is 3. The van der Waals surface area contributed by atoms with Gasteiger partial charge in [-0.15, -0.1) is 0 Å². The number of nitrogens with one attached hydrogen (secondary N) is 2. The van der Waals surface area contributed by atoms with E-state index in [2.05, 4.69) is 10.6 Å². The minimum Gasteiger partial charge on any atom is -0.334 e. The fraction of sp³-hybridized carbons (Fsp3) is 0.333. The molecule has 3 rings (SSSR count). The van der Waals surface area contributed by atoms with Crippen LogP contribution in [0, 0.1) is 5.92 Å². The lowest BCUT2D eigenvalue weighted by Gasteiger charge is -2.31. The SMILES string of the molecule is O=C(Nc1ccccc1)C1CCN(C(=O)NCc2cccc(C(F)(F)F)c2)CC1. The third-order valence-corrected chi connectivity index (χ3v) is 4.89. The predicted molar refractivity (Wildman–Crippen MR) is 103 cm³/mol. The van der Waals surface area contributed by atoms with Gasteiger partial charge in [0, 0.05) is 31.2 Å². The predicted octanol–water partition coefficient (Wildman–Crippen LogP) is 4.27. The number of benzene rings is 2. The van der Waals surface area contributed by atoms with Gasteiger partial charge in [-0.2, -0.15) is 13.2 Å². The summed E-state index contributed by atoms with van der Waals surface area (Å²) in [6, 6.07) is 13.7. The second-order valence-electron chi connectivity index (χ2n) is 6.97. The van der Waals surface area contributed by atoms with E-state index >= 15 is 0 Å². The van der Waals surface area contributed by atoms with Crippen molar-refractivity contribution in [3.63, 3.8) is 0 Å². The number of alkyl halides is 3. The van der Waals surface area contributed by atoms with Crippen molar-refractivity contribution >= 4 is 17.6 Å². The lowest BCUT2D eigenvalue weighted by molar-refractivity contribution is -0.137. The summed E-state index contributed by atoms with van der Waals surface area (Å²) in [6.07, 6.45) is -3.34. The summed E-state index contributed by atoms with van der Waals surface area (Å²) in [5, 5.41) is 5.52. The molecular weight excluding hydrogens is 383 g/mol. The van der Waals surface area contributed by atoms with Gasteiger partial charge in [0.25, 0.3) is 0 Å². The zero-order chi connectivity index (χ0) is 20.9. The molecule has 3 amide bonds. The highest BCUT2D eigenvalue weighted by Gasteiger charge is 2.30. The van der Waals surface area contributed by atoms with E-state index in [0.29, 0.717) is 31.5 Å². The molecule has 2 aromatic carbocycles. The van der Waals surface area contributed by atoms with Crippen LogP contribution in [0.3, 0.4) is 0 Å². The molecule has 0 aliphatic carbocycles. The molecule has 0 bridgehead atoms. The van der Waals surface area contributed by atoms with Crippen molar-refractivity contribution in [2.75, 3.05) is 18.4 Å². The van der Waals surface area contributed by atoms with E-state index in [9.17, 15) is 22.8 Å². The average Bonchev–Trinajstić information content (AvgIpc) is 2.72. The molecule has 29 heavy (non-hydrogen) atoms. The topological polar surface area (TPSA) is 61.4 Å². The molecule has 1 heterocycles. The highest BCUT2D eigenvalue weighted by Crippen LogP contribution is 2.29. The van der Waals surface area contributed by atoms with Crippen LogP contribution in [-0.2, 0) is 17.5 Å². The number of hydrogen-bond donors (Lipinski definition) is 2. The molecule has 1 saturated heterocycles. The molecule has 2 aromatic rings. The van der Waals surface area contributed by atoms with Crippen LogP contribution >= 0.6 is 0 Å². The number of carbonyl (C=O) groups excluding carboxylic acids is 2. The first-order valence-corrected chi connectivity index (χ1v) is 9.38. The smallest absolute Gasteiger partial charge is 0.334 e. The quantitative estimate of drug-likeness (QED) is 0.798. The highest BCUT2D eigenvalue weighted by molar-refractivity contribution is 5.92. The summed E-state index contributed by atoms with van der Waals surface area (Å²) in [7, 11) is 0. The highest BCUT2D eigenvalue weighted by atomic mass is 19.4. The maximum Gasteiger partial charge on any atom is 0.416 e. The number of piperidine rings is 1. The van der Waals surface area contributed by atoms with Crippen molar-refractivity contribution in [2.24, 2.45) is 5.92 Å². The molecule has 8 heteroatoms. The zero-order valence-electron chi connectivity index (χ0n) is 15.7. The lowest BCUT2D eigenvalue weighted by atomic mass is 9.96. The third kappa shape index (κ3) is 5.73. The lowest BCUT2D eigenvalue weighted by Crippen LogP contribution is -2.45. The van der Waals surface area contributed by atoms with Gasteiger partial charge in [-0.05, 0) is 42.7 Å². The van der Waals surface area contributed by atoms with Crippen LogP contribution in [0.15, 0.2) is 54.6 Å². The van der Waals surface area contributed by atoms with E-state index < -0.39 is 11.7 Å². The van der Waals surface area contributed by atoms with E-state index in [1.54, 1.807) is 4.90 Å². The number of urea groups is 1. The van der Waals surface area contributed by atoms with E-state index in [-0.39, 0.29) is 24.4 Å². The van der Waals surface area contributed by atoms with Gasteiger partial charge in [-0.25, -0.2) is 4.79 Å². The number of hydrogen-bond acceptors (Lipinski definition) is 2. The number of likely N-dealkylation sites (tertiary alicyclic amines) is 1. The minimum absolute atomic E-state index is 0.0111. The number of halogens is 3. The molecular formula is C21H22F3N3O2. The number of anilines is 1. The van der Waals surface area contributed by atoms with Crippen molar-refractivity contribution in [3.8, 4) is 0 Å². The van der Waals surface area contributed by atoms with Gasteiger partial charge in [-0.3, -0.25) is 4.79 Å². The Morgan fingerprint density at radius 1 is 1.00 bits per heavy atom. The Morgan fingerprint density at radius 3 is 2.34 bits per heavy atom. The third-order valence-electron chi connectivity index (χ3n) is 4.89. The van der Waals surface area contributed by atoms with E-state index in [4.69, 9.17) is 0 Å². The van der Waals surface area contributed by atoms with Crippen LogP contribution < -0.4 is 10.6 Å². The standard InChI is InChI=1S/C21H22F3N3O2/c22-21(23,24)17-6-4-5-15(13-17)14-25-20(29)27-11-9-16(10-12-27)19(28)26-18-7-2-1-3-8-18/h1-8,13,16H,9-12,14H2,(H,25,29)(H,26,28). The Balaban J connectivity index is 1.46. The van der Waals surface area contributed by atoms with Crippen molar-refractivity contribution < 1.29 is 22.8 Å². The van der Waals surface area contributed by atoms with Gasteiger partial charge in [0.15, 0.2) is 0 Å². The molecule has 5 nitrogen and oxygen atoms in total. The Morgan fingerprint density at radius 2 is 1.69 bits per heavy atom. The minimum atomic E-state index is -4.41. The fourth-order valence-corrected chi connectivity index (χ4v) is 3.26. The molecule has 0 saturated carbocycles. The number of rotatable bonds is 4. The van der Waals surface area contributed by atoms with Crippen molar-refractivity contribution in [3.05, 3.63) is 65.7 Å². The van der Waals surface area contributed by atoms with E-state index in [0.717, 1.165) is 17.8 Å². The molecule has 0 radical (unpaired) electrons. The van der Waals surface area contributed by atoms with Crippen LogP contribution in [0.5, 0.6) is 0 Å². The summed E-state index contributed by atoms with van der Waals surface area (Å²) in [5.41, 5.74) is 0.374. The molecule has 0 unspecified atom stereocenters. The molecule has 1 fully saturated rings. The first-order valence-electron chi connectivity index (χ1n) is 9.38. The molecule has 2 N–H and O–H groups in total. The van der Waals surface area contributed by atoms with Gasteiger partial charge in [0.2, 0.25) is 5.91 Å². The van der Waals surface area contributed by atoms with Gasteiger partial charge in [0.05, 0.1) is 5.56 Å². The summed E-state index contributed by atoms with van der Waals surface area (Å²) in [5.74, 6) is -0.247. The van der Waals surface area contributed by atoms with Crippen molar-refractivity contribution in [2.45, 2.75) is 25.6 Å². The molecule has 1 aliphatic heterocycles. The molecule has 1 aliphatic rings. The number of nitrogens with zero attached hydrogens (tertiary/aromatic N) is 1. The second-order valence-corrected chi connectivity index (χ2v) is 6.97. The summed E-state index contributed by atoms with van der Waals surface area (Å²) >= 11 is 0. The normalized spacial score (nSPS) is 15.1. The van der Waals surface area contributed by atoms with Gasteiger partial charge in [-0.1, -0.05) is 30.3 Å². The largest absolute Gasteiger partial charge is 0.416 e. The van der Waals surface area contributed by atoms with Crippen LogP contribution in [0.1, 0.15) is 24.0 Å². The second kappa shape index (κ2) is 8.98. The first kappa shape index (κ1) is 20.7.